The highest BCUT2D eigenvalue weighted by Gasteiger charge is 2.25. The van der Waals surface area contributed by atoms with E-state index in [1.165, 1.54) is 17.4 Å². The smallest absolute Gasteiger partial charge is 0.292 e. The Hall–Kier alpha value is -1.18. The summed E-state index contributed by atoms with van der Waals surface area (Å²) in [7, 11) is 2.15. The molecule has 0 aromatic heterocycles. The van der Waals surface area contributed by atoms with Crippen molar-refractivity contribution < 1.29 is 0 Å². The van der Waals surface area contributed by atoms with Crippen molar-refractivity contribution in [3.8, 4) is 0 Å². The Morgan fingerprint density at radius 2 is 1.92 bits per heavy atom. The fourth-order valence-corrected chi connectivity index (χ4v) is 1.97. The van der Waals surface area contributed by atoms with Gasteiger partial charge in [-0.1, -0.05) is 41.4 Å². The van der Waals surface area contributed by atoms with Gasteiger partial charge in [-0.05, 0) is 26.5 Å². The third-order valence-electron chi connectivity index (χ3n) is 2.62. The molecule has 0 aliphatic carbocycles. The minimum Gasteiger partial charge on any atom is -0.419 e. The Bertz CT molecular complexity index is 318. The molecule has 66 valence electrons. The van der Waals surface area contributed by atoms with Crippen LogP contribution in [-0.4, -0.2) is 18.7 Å². The van der Waals surface area contributed by atoms with E-state index in [4.69, 9.17) is 0 Å². The number of hydrogen-bond donors (Lipinski definition) is 0. The average Bonchev–Trinajstić information content (AvgIpc) is 2.47. The molecule has 0 bridgehead atoms. The molecule has 1 aromatic carbocycles. The van der Waals surface area contributed by atoms with E-state index in [0.29, 0.717) is 6.85 Å². The van der Waals surface area contributed by atoms with Crippen molar-refractivity contribution >= 4 is 12.3 Å². The van der Waals surface area contributed by atoms with E-state index in [-0.39, 0.29) is 0 Å². The van der Waals surface area contributed by atoms with Crippen molar-refractivity contribution in [1.29, 1.82) is 0 Å². The van der Waals surface area contributed by atoms with Gasteiger partial charge in [-0.3, -0.25) is 0 Å². The molecule has 0 unspecified atom stereocenters. The average molecular weight is 171 g/mol. The molecule has 0 N–H and O–H groups in total. The van der Waals surface area contributed by atoms with Gasteiger partial charge in [0, 0.05) is 0 Å². The highest BCUT2D eigenvalue weighted by Crippen LogP contribution is 2.16. The van der Waals surface area contributed by atoms with E-state index in [9.17, 15) is 0 Å². The van der Waals surface area contributed by atoms with Gasteiger partial charge in [-0.25, -0.2) is 0 Å². The van der Waals surface area contributed by atoms with Crippen LogP contribution in [0, 0.1) is 0 Å². The highest BCUT2D eigenvalue weighted by molar-refractivity contribution is 6.72. The molecular formula is C11H14BN. The molecule has 0 saturated carbocycles. The number of nitrogens with zero attached hydrogens (tertiary/aromatic N) is 1. The van der Waals surface area contributed by atoms with Crippen LogP contribution in [0.1, 0.15) is 6.92 Å². The third kappa shape index (κ3) is 1.62. The topological polar surface area (TPSA) is 3.24 Å². The summed E-state index contributed by atoms with van der Waals surface area (Å²) in [6.07, 6.45) is 3.40. The summed E-state index contributed by atoms with van der Waals surface area (Å²) < 4.78 is 0. The van der Waals surface area contributed by atoms with Gasteiger partial charge < -0.3 is 4.81 Å². The third-order valence-corrected chi connectivity index (χ3v) is 2.62. The molecule has 1 aromatic rings. The van der Waals surface area contributed by atoms with Gasteiger partial charge in [0.05, 0.1) is 0 Å². The largest absolute Gasteiger partial charge is 0.419 e. The second kappa shape index (κ2) is 3.29. The first-order valence-corrected chi connectivity index (χ1v) is 4.71. The Morgan fingerprint density at radius 1 is 1.23 bits per heavy atom. The lowest BCUT2D eigenvalue weighted by Gasteiger charge is -2.17. The highest BCUT2D eigenvalue weighted by atomic mass is 15.0. The molecule has 1 aliphatic rings. The molecule has 2 heteroatoms. The van der Waals surface area contributed by atoms with Gasteiger partial charge in [0.2, 0.25) is 0 Å². The maximum atomic E-state index is 2.30. The Morgan fingerprint density at radius 3 is 2.46 bits per heavy atom. The van der Waals surface area contributed by atoms with Crippen molar-refractivity contribution in [3.63, 3.8) is 0 Å². The van der Waals surface area contributed by atoms with Gasteiger partial charge >= 0.3 is 0 Å². The molecule has 1 aliphatic heterocycles. The van der Waals surface area contributed by atoms with E-state index in [1.54, 1.807) is 0 Å². The maximum absolute atomic E-state index is 2.30. The first kappa shape index (κ1) is 8.42. The standard InChI is InChI=1S/C11H14BN/c1-10-8-12(13(2)9-10)11-6-4-3-5-7-11/h3-7,9H,8H2,1-2H3. The van der Waals surface area contributed by atoms with Crippen LogP contribution in [0.2, 0.25) is 6.32 Å². The summed E-state index contributed by atoms with van der Waals surface area (Å²) in [6, 6.07) is 10.7. The van der Waals surface area contributed by atoms with Crippen LogP contribution in [0.25, 0.3) is 0 Å². The summed E-state index contributed by atoms with van der Waals surface area (Å²) in [4.78, 5) is 2.30. The first-order valence-electron chi connectivity index (χ1n) is 4.71. The SMILES string of the molecule is CC1=CN(C)B(c2ccccc2)C1. The molecule has 0 radical (unpaired) electrons. The van der Waals surface area contributed by atoms with Crippen molar-refractivity contribution in [1.82, 2.24) is 4.81 Å². The fourth-order valence-electron chi connectivity index (χ4n) is 1.97. The summed E-state index contributed by atoms with van der Waals surface area (Å²) in [5.41, 5.74) is 2.88. The van der Waals surface area contributed by atoms with Crippen LogP contribution in [0.5, 0.6) is 0 Å². The van der Waals surface area contributed by atoms with Crippen LogP contribution in [-0.2, 0) is 0 Å². The Kier molecular flexibility index (Phi) is 2.13. The van der Waals surface area contributed by atoms with E-state index in [2.05, 4.69) is 55.3 Å². The van der Waals surface area contributed by atoms with Crippen molar-refractivity contribution in [2.24, 2.45) is 0 Å². The Labute approximate surface area is 80.2 Å². The molecule has 0 saturated heterocycles. The maximum Gasteiger partial charge on any atom is 0.292 e. The lowest BCUT2D eigenvalue weighted by atomic mass is 9.53. The van der Waals surface area contributed by atoms with Crippen LogP contribution < -0.4 is 5.46 Å². The quantitative estimate of drug-likeness (QED) is 0.581. The van der Waals surface area contributed by atoms with Gasteiger partial charge in [0.15, 0.2) is 0 Å². The summed E-state index contributed by atoms with van der Waals surface area (Å²) in [6.45, 7) is 2.75. The van der Waals surface area contributed by atoms with E-state index < -0.39 is 0 Å². The molecule has 2 rings (SSSR count). The Balaban J connectivity index is 2.21. The summed E-state index contributed by atoms with van der Waals surface area (Å²) in [5.74, 6) is 0. The predicted molar refractivity (Wildman–Crippen MR) is 58.2 cm³/mol. The lowest BCUT2D eigenvalue weighted by molar-refractivity contribution is 0.732. The molecule has 0 atom stereocenters. The van der Waals surface area contributed by atoms with Gasteiger partial charge in [-0.2, -0.15) is 0 Å². The van der Waals surface area contributed by atoms with Gasteiger partial charge in [0.1, 0.15) is 0 Å². The molecule has 13 heavy (non-hydrogen) atoms. The molecule has 0 fully saturated rings. The molecule has 1 heterocycles. The van der Waals surface area contributed by atoms with Crippen LogP contribution in [0.3, 0.4) is 0 Å². The molecule has 0 spiro atoms. The second-order valence-corrected chi connectivity index (χ2v) is 3.77. The van der Waals surface area contributed by atoms with Crippen molar-refractivity contribution in [2.45, 2.75) is 13.2 Å². The van der Waals surface area contributed by atoms with Gasteiger partial charge in [-0.15, -0.1) is 0 Å². The first-order chi connectivity index (χ1) is 6.27. The zero-order chi connectivity index (χ0) is 9.26. The second-order valence-electron chi connectivity index (χ2n) is 3.77. The van der Waals surface area contributed by atoms with E-state index in [1.807, 2.05) is 0 Å². The zero-order valence-corrected chi connectivity index (χ0v) is 8.20. The summed E-state index contributed by atoms with van der Waals surface area (Å²) in [5, 5.41) is 0. The van der Waals surface area contributed by atoms with E-state index in [0.717, 1.165) is 0 Å². The van der Waals surface area contributed by atoms with Gasteiger partial charge in [0.25, 0.3) is 6.85 Å². The van der Waals surface area contributed by atoms with Crippen LogP contribution >= 0.6 is 0 Å². The molecule has 1 nitrogen and oxygen atoms in total. The zero-order valence-electron chi connectivity index (χ0n) is 8.20. The normalized spacial score (nSPS) is 16.3. The number of rotatable bonds is 1. The number of hydrogen-bond acceptors (Lipinski definition) is 1. The van der Waals surface area contributed by atoms with Crippen LogP contribution in [0.15, 0.2) is 42.1 Å². The molecule has 0 amide bonds. The number of allylic oxidation sites excluding steroid dienone is 1. The minimum atomic E-state index is 0.557. The predicted octanol–water partition coefficient (Wildman–Crippen LogP) is 1.73. The molecular weight excluding hydrogens is 157 g/mol. The van der Waals surface area contributed by atoms with E-state index >= 15 is 0 Å². The number of benzene rings is 1. The van der Waals surface area contributed by atoms with Crippen molar-refractivity contribution in [3.05, 3.63) is 42.1 Å². The summed E-state index contributed by atoms with van der Waals surface area (Å²) >= 11 is 0. The lowest BCUT2D eigenvalue weighted by Crippen LogP contribution is -2.39. The van der Waals surface area contributed by atoms with Crippen LogP contribution in [0.4, 0.5) is 0 Å². The monoisotopic (exact) mass is 171 g/mol. The fraction of sp³-hybridized carbons (Fsp3) is 0.273. The minimum absolute atomic E-state index is 0.557. The van der Waals surface area contributed by atoms with Crippen molar-refractivity contribution in [2.75, 3.05) is 7.05 Å².